The molecule has 1 amide bonds. The zero-order valence-corrected chi connectivity index (χ0v) is 16.0. The van der Waals surface area contributed by atoms with Crippen LogP contribution in [0.3, 0.4) is 0 Å². The van der Waals surface area contributed by atoms with Crippen molar-refractivity contribution in [1.82, 2.24) is 15.1 Å². The molecule has 0 radical (unpaired) electrons. The maximum atomic E-state index is 12.8. The number of nitrogens with zero attached hydrogens (tertiary/aromatic N) is 2. The molecule has 4 rings (SSSR count). The summed E-state index contributed by atoms with van der Waals surface area (Å²) in [5.74, 6) is 0.185. The summed E-state index contributed by atoms with van der Waals surface area (Å²) in [6.45, 7) is 2.43. The van der Waals surface area contributed by atoms with Crippen LogP contribution >= 0.6 is 11.6 Å². The van der Waals surface area contributed by atoms with Crippen LogP contribution in [-0.2, 0) is 6.42 Å². The molecule has 1 aliphatic rings. The van der Waals surface area contributed by atoms with Gasteiger partial charge in [0.05, 0.1) is 16.9 Å². The molecule has 0 fully saturated rings. The standard InChI is InChI=1S/C22H22ClN3O/c1-15-20(21(23)26(25-15)18-11-3-2-4-12-18)22(27)24-14-17-10-7-9-16-8-5-6-13-19(16)17/h2-6,8,11-13,17H,7,9-10,14H2,1H3,(H,24,27). The lowest BCUT2D eigenvalue weighted by molar-refractivity contribution is 0.0950. The molecule has 1 N–H and O–H groups in total. The number of nitrogens with one attached hydrogen (secondary N) is 1. The van der Waals surface area contributed by atoms with Gasteiger partial charge < -0.3 is 5.32 Å². The van der Waals surface area contributed by atoms with Gasteiger partial charge in [0.25, 0.3) is 5.91 Å². The number of carbonyl (C=O) groups is 1. The number of hydrogen-bond donors (Lipinski definition) is 1. The third kappa shape index (κ3) is 3.50. The van der Waals surface area contributed by atoms with Crippen molar-refractivity contribution in [2.24, 2.45) is 0 Å². The van der Waals surface area contributed by atoms with Crippen molar-refractivity contribution in [1.29, 1.82) is 0 Å². The van der Waals surface area contributed by atoms with Crippen LogP contribution < -0.4 is 5.32 Å². The molecule has 138 valence electrons. The summed E-state index contributed by atoms with van der Waals surface area (Å²) in [4.78, 5) is 12.8. The number of para-hydroxylation sites is 1. The van der Waals surface area contributed by atoms with E-state index in [1.807, 2.05) is 37.3 Å². The number of rotatable bonds is 4. The van der Waals surface area contributed by atoms with Gasteiger partial charge in [-0.05, 0) is 49.4 Å². The van der Waals surface area contributed by atoms with Crippen LogP contribution in [-0.4, -0.2) is 22.2 Å². The highest BCUT2D eigenvalue weighted by Crippen LogP contribution is 2.31. The maximum Gasteiger partial charge on any atom is 0.256 e. The number of benzene rings is 2. The normalized spacial score (nSPS) is 16.0. The Bertz CT molecular complexity index is 965. The number of aryl methyl sites for hydroxylation is 2. The van der Waals surface area contributed by atoms with Crippen molar-refractivity contribution in [3.05, 3.63) is 82.1 Å². The van der Waals surface area contributed by atoms with Crippen molar-refractivity contribution in [3.63, 3.8) is 0 Å². The molecule has 1 heterocycles. The van der Waals surface area contributed by atoms with Crippen molar-refractivity contribution < 1.29 is 4.79 Å². The van der Waals surface area contributed by atoms with Crippen molar-refractivity contribution in [3.8, 4) is 5.69 Å². The van der Waals surface area contributed by atoms with E-state index in [0.717, 1.165) is 24.9 Å². The monoisotopic (exact) mass is 379 g/mol. The lowest BCUT2D eigenvalue weighted by atomic mass is 9.83. The van der Waals surface area contributed by atoms with Gasteiger partial charge in [-0.15, -0.1) is 0 Å². The summed E-state index contributed by atoms with van der Waals surface area (Å²) >= 11 is 6.50. The van der Waals surface area contributed by atoms with E-state index in [1.165, 1.54) is 11.1 Å². The third-order valence-electron chi connectivity index (χ3n) is 5.23. The predicted octanol–water partition coefficient (Wildman–Crippen LogP) is 4.68. The van der Waals surface area contributed by atoms with Gasteiger partial charge in [0.15, 0.2) is 0 Å². The molecule has 0 spiro atoms. The lowest BCUT2D eigenvalue weighted by Gasteiger charge is -2.25. The largest absolute Gasteiger partial charge is 0.351 e. The molecule has 0 bridgehead atoms. The van der Waals surface area contributed by atoms with Crippen LogP contribution in [0, 0.1) is 6.92 Å². The molecule has 2 aromatic carbocycles. The highest BCUT2D eigenvalue weighted by Gasteiger charge is 2.24. The predicted molar refractivity (Wildman–Crippen MR) is 108 cm³/mol. The van der Waals surface area contributed by atoms with E-state index in [2.05, 4.69) is 34.7 Å². The molecule has 0 saturated heterocycles. The zero-order chi connectivity index (χ0) is 18.8. The fourth-order valence-electron chi connectivity index (χ4n) is 3.87. The first-order valence-corrected chi connectivity index (χ1v) is 9.69. The first kappa shape index (κ1) is 17.8. The van der Waals surface area contributed by atoms with Gasteiger partial charge in [-0.2, -0.15) is 5.10 Å². The van der Waals surface area contributed by atoms with Crippen molar-refractivity contribution in [2.75, 3.05) is 6.54 Å². The van der Waals surface area contributed by atoms with E-state index in [0.29, 0.717) is 28.9 Å². The Morgan fingerprint density at radius 2 is 1.93 bits per heavy atom. The van der Waals surface area contributed by atoms with Crippen LogP contribution in [0.15, 0.2) is 54.6 Å². The minimum absolute atomic E-state index is 0.164. The average molecular weight is 380 g/mol. The summed E-state index contributed by atoms with van der Waals surface area (Å²) in [7, 11) is 0. The first-order valence-electron chi connectivity index (χ1n) is 9.31. The molecule has 27 heavy (non-hydrogen) atoms. The molecule has 0 aliphatic heterocycles. The number of carbonyl (C=O) groups excluding carboxylic acids is 1. The number of aromatic nitrogens is 2. The number of halogens is 1. The van der Waals surface area contributed by atoms with Crippen LogP contribution in [0.2, 0.25) is 5.15 Å². The Labute approximate surface area is 164 Å². The Kier molecular flexibility index (Phi) is 4.99. The van der Waals surface area contributed by atoms with Gasteiger partial charge in [-0.3, -0.25) is 4.79 Å². The van der Waals surface area contributed by atoms with Gasteiger partial charge in [0.1, 0.15) is 5.15 Å². The SMILES string of the molecule is Cc1nn(-c2ccccc2)c(Cl)c1C(=O)NCC1CCCc2ccccc21. The molecule has 1 aliphatic carbocycles. The fourth-order valence-corrected chi connectivity index (χ4v) is 4.23. The number of hydrogen-bond acceptors (Lipinski definition) is 2. The van der Waals surface area contributed by atoms with E-state index in [4.69, 9.17) is 11.6 Å². The molecular weight excluding hydrogens is 358 g/mol. The first-order chi connectivity index (χ1) is 13.1. The lowest BCUT2D eigenvalue weighted by Crippen LogP contribution is -2.30. The topological polar surface area (TPSA) is 46.9 Å². The average Bonchev–Trinajstić information content (AvgIpc) is 3.01. The molecule has 1 unspecified atom stereocenters. The Morgan fingerprint density at radius 3 is 2.74 bits per heavy atom. The molecular formula is C22H22ClN3O. The highest BCUT2D eigenvalue weighted by molar-refractivity contribution is 6.33. The van der Waals surface area contributed by atoms with Crippen LogP contribution in [0.1, 0.15) is 45.9 Å². The molecule has 1 aromatic heterocycles. The number of amides is 1. The molecule has 3 aromatic rings. The fraction of sp³-hybridized carbons (Fsp3) is 0.273. The Hall–Kier alpha value is -2.59. The summed E-state index contributed by atoms with van der Waals surface area (Å²) in [5, 5.41) is 7.88. The van der Waals surface area contributed by atoms with E-state index < -0.39 is 0 Å². The van der Waals surface area contributed by atoms with Crippen LogP contribution in [0.4, 0.5) is 0 Å². The Morgan fingerprint density at radius 1 is 1.19 bits per heavy atom. The maximum absolute atomic E-state index is 12.8. The van der Waals surface area contributed by atoms with Gasteiger partial charge in [0, 0.05) is 12.5 Å². The zero-order valence-electron chi connectivity index (χ0n) is 15.3. The van der Waals surface area contributed by atoms with Crippen LogP contribution in [0.5, 0.6) is 0 Å². The molecule has 0 saturated carbocycles. The highest BCUT2D eigenvalue weighted by atomic mass is 35.5. The van der Waals surface area contributed by atoms with E-state index >= 15 is 0 Å². The van der Waals surface area contributed by atoms with Gasteiger partial charge in [-0.1, -0.05) is 54.1 Å². The quantitative estimate of drug-likeness (QED) is 0.715. The van der Waals surface area contributed by atoms with Gasteiger partial charge >= 0.3 is 0 Å². The van der Waals surface area contributed by atoms with E-state index in [1.54, 1.807) is 4.68 Å². The number of fused-ring (bicyclic) bond motifs is 1. The van der Waals surface area contributed by atoms with E-state index in [9.17, 15) is 4.79 Å². The second-order valence-electron chi connectivity index (χ2n) is 7.00. The summed E-state index contributed by atoms with van der Waals surface area (Å²) in [5.41, 5.74) is 4.67. The van der Waals surface area contributed by atoms with Gasteiger partial charge in [0.2, 0.25) is 0 Å². The summed E-state index contributed by atoms with van der Waals surface area (Å²) < 4.78 is 1.61. The molecule has 5 heteroatoms. The second-order valence-corrected chi connectivity index (χ2v) is 7.35. The minimum atomic E-state index is -0.164. The van der Waals surface area contributed by atoms with Crippen LogP contribution in [0.25, 0.3) is 5.69 Å². The third-order valence-corrected chi connectivity index (χ3v) is 5.58. The van der Waals surface area contributed by atoms with E-state index in [-0.39, 0.29) is 5.91 Å². The Balaban J connectivity index is 1.52. The minimum Gasteiger partial charge on any atom is -0.351 e. The smallest absolute Gasteiger partial charge is 0.256 e. The summed E-state index contributed by atoms with van der Waals surface area (Å²) in [6.07, 6.45) is 3.37. The van der Waals surface area contributed by atoms with Crippen molar-refractivity contribution in [2.45, 2.75) is 32.1 Å². The van der Waals surface area contributed by atoms with Crippen molar-refractivity contribution >= 4 is 17.5 Å². The summed E-state index contributed by atoms with van der Waals surface area (Å²) in [6, 6.07) is 18.1. The molecule has 4 nitrogen and oxygen atoms in total. The second kappa shape index (κ2) is 7.57. The molecule has 1 atom stereocenters. The van der Waals surface area contributed by atoms with Gasteiger partial charge in [-0.25, -0.2) is 4.68 Å².